The molecule has 1 aromatic carbocycles. The standard InChI is InChI=1S/C26H28N4OS/c1-5-21-22(15-17(2)3)31-26(24-7-6-12-30(21)24)10-13-29(14-11-26)18(4)19-8-9-20-23(16-19)32-25(27)28-20/h5-9,12,15-16H,2,4,10-11,13-14H2,1,3H3,(H2,27,28). The first kappa shape index (κ1) is 20.6. The van der Waals surface area contributed by atoms with Crippen molar-refractivity contribution in [2.45, 2.75) is 32.3 Å². The molecule has 0 aliphatic carbocycles. The number of nitrogen functional groups attached to an aromatic ring is 1. The van der Waals surface area contributed by atoms with Crippen LogP contribution >= 0.6 is 11.3 Å². The Morgan fingerprint density at radius 1 is 1.25 bits per heavy atom. The van der Waals surface area contributed by atoms with Gasteiger partial charge >= 0.3 is 0 Å². The van der Waals surface area contributed by atoms with E-state index in [-0.39, 0.29) is 5.60 Å². The fourth-order valence-electron chi connectivity index (χ4n) is 4.81. The molecule has 1 fully saturated rings. The predicted molar refractivity (Wildman–Crippen MR) is 134 cm³/mol. The molecule has 2 aliphatic rings. The number of aromatic nitrogens is 2. The largest absolute Gasteiger partial charge is 0.479 e. The maximum absolute atomic E-state index is 6.74. The highest BCUT2D eigenvalue weighted by atomic mass is 32.1. The Morgan fingerprint density at radius 2 is 2.03 bits per heavy atom. The van der Waals surface area contributed by atoms with Crippen molar-refractivity contribution in [3.05, 3.63) is 84.4 Å². The molecule has 0 radical (unpaired) electrons. The van der Waals surface area contributed by atoms with Gasteiger partial charge in [0, 0.05) is 37.8 Å². The third-order valence-corrected chi connectivity index (χ3v) is 7.22. The summed E-state index contributed by atoms with van der Waals surface area (Å²) in [7, 11) is 0. The summed E-state index contributed by atoms with van der Waals surface area (Å²) >= 11 is 1.51. The van der Waals surface area contributed by atoms with E-state index >= 15 is 0 Å². The van der Waals surface area contributed by atoms with Crippen molar-refractivity contribution in [2.24, 2.45) is 0 Å². The van der Waals surface area contributed by atoms with Gasteiger partial charge in [0.25, 0.3) is 0 Å². The second-order valence-electron chi connectivity index (χ2n) is 8.56. The summed E-state index contributed by atoms with van der Waals surface area (Å²) in [4.78, 5) is 6.72. The van der Waals surface area contributed by atoms with Gasteiger partial charge in [-0.15, -0.1) is 0 Å². The summed E-state index contributed by atoms with van der Waals surface area (Å²) < 4.78 is 10.1. The molecule has 2 N–H and O–H groups in total. The van der Waals surface area contributed by atoms with E-state index in [0.29, 0.717) is 5.13 Å². The first-order chi connectivity index (χ1) is 15.4. The number of benzene rings is 1. The maximum atomic E-state index is 6.74. The van der Waals surface area contributed by atoms with E-state index < -0.39 is 0 Å². The minimum absolute atomic E-state index is 0.343. The molecule has 4 heterocycles. The monoisotopic (exact) mass is 444 g/mol. The van der Waals surface area contributed by atoms with Gasteiger partial charge < -0.3 is 19.9 Å². The minimum atomic E-state index is -0.343. The quantitative estimate of drug-likeness (QED) is 0.539. The van der Waals surface area contributed by atoms with Crippen molar-refractivity contribution in [3.63, 3.8) is 0 Å². The van der Waals surface area contributed by atoms with Gasteiger partial charge in [-0.05, 0) is 49.8 Å². The lowest BCUT2D eigenvalue weighted by atomic mass is 9.85. The highest BCUT2D eigenvalue weighted by Crippen LogP contribution is 2.46. The molecule has 6 heteroatoms. The van der Waals surface area contributed by atoms with Crippen molar-refractivity contribution in [3.8, 4) is 0 Å². The lowest BCUT2D eigenvalue weighted by Crippen LogP contribution is -2.46. The molecule has 164 valence electrons. The smallest absolute Gasteiger partial charge is 0.181 e. The van der Waals surface area contributed by atoms with Crippen molar-refractivity contribution >= 4 is 38.1 Å². The van der Waals surface area contributed by atoms with Crippen LogP contribution in [0.15, 0.2) is 73.2 Å². The van der Waals surface area contributed by atoms with Crippen LogP contribution < -0.4 is 5.73 Å². The van der Waals surface area contributed by atoms with Gasteiger partial charge in [-0.3, -0.25) is 0 Å². The van der Waals surface area contributed by atoms with Crippen LogP contribution in [0.1, 0.15) is 37.9 Å². The average Bonchev–Trinajstić information content (AvgIpc) is 3.39. The van der Waals surface area contributed by atoms with Gasteiger partial charge in [0.2, 0.25) is 0 Å². The number of anilines is 1. The van der Waals surface area contributed by atoms with Gasteiger partial charge in [-0.1, -0.05) is 42.2 Å². The summed E-state index contributed by atoms with van der Waals surface area (Å²) in [6, 6.07) is 10.5. The summed E-state index contributed by atoms with van der Waals surface area (Å²) in [6.07, 6.45) is 8.04. The molecule has 3 aromatic rings. The van der Waals surface area contributed by atoms with E-state index in [1.165, 1.54) is 17.0 Å². The molecule has 1 spiro atoms. The van der Waals surface area contributed by atoms with Gasteiger partial charge in [0.05, 0.1) is 21.6 Å². The molecule has 1 saturated heterocycles. The molecule has 5 rings (SSSR count). The highest BCUT2D eigenvalue weighted by Gasteiger charge is 2.44. The fraction of sp³-hybridized carbons (Fsp3) is 0.269. The predicted octanol–water partition coefficient (Wildman–Crippen LogP) is 5.99. The Hall–Kier alpha value is -3.25. The number of fused-ring (bicyclic) bond motifs is 3. The van der Waals surface area contributed by atoms with Crippen LogP contribution in [-0.4, -0.2) is 27.5 Å². The van der Waals surface area contributed by atoms with Crippen molar-refractivity contribution in [1.29, 1.82) is 0 Å². The fourth-order valence-corrected chi connectivity index (χ4v) is 5.58. The van der Waals surface area contributed by atoms with Crippen molar-refractivity contribution in [2.75, 3.05) is 18.8 Å². The van der Waals surface area contributed by atoms with Crippen LogP contribution in [0.4, 0.5) is 5.13 Å². The number of ether oxygens (including phenoxy) is 1. The first-order valence-corrected chi connectivity index (χ1v) is 11.7. The first-order valence-electron chi connectivity index (χ1n) is 10.9. The molecule has 5 nitrogen and oxygen atoms in total. The summed E-state index contributed by atoms with van der Waals surface area (Å²) in [5, 5.41) is 0.597. The zero-order chi connectivity index (χ0) is 22.5. The van der Waals surface area contributed by atoms with Crippen molar-refractivity contribution < 1.29 is 4.74 Å². The average molecular weight is 445 g/mol. The van der Waals surface area contributed by atoms with Crippen LogP contribution in [0.3, 0.4) is 0 Å². The molecule has 2 aromatic heterocycles. The summed E-state index contributed by atoms with van der Waals surface area (Å²) in [5.74, 6) is 0.893. The molecular formula is C26H28N4OS. The number of hydrogen-bond acceptors (Lipinski definition) is 5. The number of nitrogens with zero attached hydrogens (tertiary/aromatic N) is 3. The number of hydrogen-bond donors (Lipinski definition) is 1. The highest BCUT2D eigenvalue weighted by molar-refractivity contribution is 7.22. The van der Waals surface area contributed by atoms with E-state index in [4.69, 9.17) is 10.5 Å². The van der Waals surface area contributed by atoms with Crippen LogP contribution in [-0.2, 0) is 10.3 Å². The molecular weight excluding hydrogens is 416 g/mol. The molecule has 0 saturated carbocycles. The molecule has 0 unspecified atom stereocenters. The Morgan fingerprint density at radius 3 is 2.75 bits per heavy atom. The second kappa shape index (κ2) is 7.71. The Kier molecular flexibility index (Phi) is 4.97. The lowest BCUT2D eigenvalue weighted by Gasteiger charge is -2.46. The SMILES string of the molecule is C=C(C)C=C1OC2(CCN(C(=C)c3ccc4nc(N)sc4c3)CC2)c2cccn2C1=CC. The zero-order valence-electron chi connectivity index (χ0n) is 18.6. The third-order valence-electron chi connectivity index (χ3n) is 6.37. The maximum Gasteiger partial charge on any atom is 0.181 e. The van der Waals surface area contributed by atoms with Gasteiger partial charge in [0.1, 0.15) is 5.76 Å². The van der Waals surface area contributed by atoms with Gasteiger partial charge in [0.15, 0.2) is 10.7 Å². The Labute approximate surface area is 192 Å². The van der Waals surface area contributed by atoms with Crippen LogP contribution in [0.2, 0.25) is 0 Å². The van der Waals surface area contributed by atoms with E-state index in [0.717, 1.165) is 64.4 Å². The Bertz CT molecular complexity index is 1280. The number of piperidine rings is 1. The molecule has 2 aliphatic heterocycles. The van der Waals surface area contributed by atoms with Crippen molar-refractivity contribution in [1.82, 2.24) is 14.5 Å². The lowest BCUT2D eigenvalue weighted by molar-refractivity contribution is -0.0498. The molecule has 0 atom stereocenters. The number of thiazole rings is 1. The van der Waals surface area contributed by atoms with Gasteiger partial charge in [-0.2, -0.15) is 0 Å². The molecule has 32 heavy (non-hydrogen) atoms. The van der Waals surface area contributed by atoms with E-state index in [1.54, 1.807) is 0 Å². The zero-order valence-corrected chi connectivity index (χ0v) is 19.4. The number of nitrogens with two attached hydrogens (primary N) is 1. The summed E-state index contributed by atoms with van der Waals surface area (Å²) in [5.41, 5.74) is 11.9. The van der Waals surface area contributed by atoms with Gasteiger partial charge in [-0.25, -0.2) is 4.98 Å². The number of likely N-dealkylation sites (tertiary alicyclic amines) is 1. The topological polar surface area (TPSA) is 56.3 Å². The third kappa shape index (κ3) is 3.35. The van der Waals surface area contributed by atoms with Crippen LogP contribution in [0, 0.1) is 0 Å². The minimum Gasteiger partial charge on any atom is -0.479 e. The van der Waals surface area contributed by atoms with Crippen LogP contribution in [0.5, 0.6) is 0 Å². The summed E-state index contributed by atoms with van der Waals surface area (Å²) in [6.45, 7) is 14.3. The van der Waals surface area contributed by atoms with E-state index in [2.05, 4.69) is 64.1 Å². The van der Waals surface area contributed by atoms with Crippen LogP contribution in [0.25, 0.3) is 21.6 Å². The number of allylic oxidation sites excluding steroid dienone is 4. The number of rotatable bonds is 3. The van der Waals surface area contributed by atoms with E-state index in [9.17, 15) is 0 Å². The van der Waals surface area contributed by atoms with E-state index in [1.807, 2.05) is 26.0 Å². The second-order valence-corrected chi connectivity index (χ2v) is 9.62. The Balaban J connectivity index is 1.41. The normalized spacial score (nSPS) is 20.0. The molecule has 0 amide bonds. The molecule has 0 bridgehead atoms.